The van der Waals surface area contributed by atoms with Crippen molar-refractivity contribution in [1.29, 1.82) is 0 Å². The number of benzene rings is 2. The van der Waals surface area contributed by atoms with Crippen LogP contribution in [0.25, 0.3) is 11.3 Å². The van der Waals surface area contributed by atoms with Crippen LogP contribution in [0.5, 0.6) is 0 Å². The summed E-state index contributed by atoms with van der Waals surface area (Å²) in [4.78, 5) is 9.22. The lowest BCUT2D eigenvalue weighted by Crippen LogP contribution is -2.26. The third-order valence-corrected chi connectivity index (χ3v) is 4.87. The summed E-state index contributed by atoms with van der Waals surface area (Å²) in [5, 5.41) is 0.765. The van der Waals surface area contributed by atoms with E-state index in [1.807, 2.05) is 30.5 Å². The first-order valence-corrected chi connectivity index (χ1v) is 8.84. The first-order chi connectivity index (χ1) is 12.2. The summed E-state index contributed by atoms with van der Waals surface area (Å²) >= 11 is 6.06. The van der Waals surface area contributed by atoms with Crippen molar-refractivity contribution >= 4 is 23.0 Å². The van der Waals surface area contributed by atoms with E-state index in [-0.39, 0.29) is 0 Å². The number of likely N-dealkylation sites (N-methyl/N-ethyl adjacent to an activating group) is 1. The summed E-state index contributed by atoms with van der Waals surface area (Å²) in [5.74, 6) is 0. The number of hydrogen-bond donors (Lipinski definition) is 0. The highest BCUT2D eigenvalue weighted by Crippen LogP contribution is 2.34. The van der Waals surface area contributed by atoms with E-state index >= 15 is 0 Å². The van der Waals surface area contributed by atoms with Gasteiger partial charge in [-0.15, -0.1) is 0 Å². The van der Waals surface area contributed by atoms with Gasteiger partial charge >= 0.3 is 0 Å². The molecule has 1 aliphatic rings. The van der Waals surface area contributed by atoms with Crippen LogP contribution in [0.15, 0.2) is 66.9 Å². The Balaban J connectivity index is 1.78. The second-order valence-corrected chi connectivity index (χ2v) is 6.86. The van der Waals surface area contributed by atoms with Crippen molar-refractivity contribution in [3.63, 3.8) is 0 Å². The Morgan fingerprint density at radius 2 is 1.80 bits per heavy atom. The molecule has 0 radical (unpaired) electrons. The predicted octanol–water partition coefficient (Wildman–Crippen LogP) is 4.99. The van der Waals surface area contributed by atoms with Crippen LogP contribution in [0.2, 0.25) is 5.02 Å². The number of nitrogens with zero attached hydrogens (tertiary/aromatic N) is 3. The van der Waals surface area contributed by atoms with Crippen molar-refractivity contribution < 1.29 is 0 Å². The molecule has 1 aromatic heterocycles. The van der Waals surface area contributed by atoms with Gasteiger partial charge in [0.05, 0.1) is 5.69 Å². The van der Waals surface area contributed by atoms with Crippen molar-refractivity contribution in [3.05, 3.63) is 77.4 Å². The second kappa shape index (κ2) is 6.87. The molecule has 0 bridgehead atoms. The van der Waals surface area contributed by atoms with Crippen LogP contribution in [0.3, 0.4) is 0 Å². The lowest BCUT2D eigenvalue weighted by atomic mass is 10.0. The van der Waals surface area contributed by atoms with Crippen molar-refractivity contribution in [3.8, 4) is 11.3 Å². The molecule has 25 heavy (non-hydrogen) atoms. The smallest absolute Gasteiger partial charge is 0.0702 e. The van der Waals surface area contributed by atoms with Crippen LogP contribution in [0, 0.1) is 0 Å². The molecule has 3 aromatic rings. The van der Waals surface area contributed by atoms with Gasteiger partial charge in [0, 0.05) is 47.8 Å². The molecule has 0 saturated carbocycles. The number of halogens is 1. The van der Waals surface area contributed by atoms with Crippen LogP contribution in [0.1, 0.15) is 5.56 Å². The van der Waals surface area contributed by atoms with E-state index in [0.29, 0.717) is 0 Å². The van der Waals surface area contributed by atoms with E-state index in [1.165, 1.54) is 16.9 Å². The molecule has 4 rings (SSSR count). The van der Waals surface area contributed by atoms with Crippen molar-refractivity contribution in [2.24, 2.45) is 0 Å². The summed E-state index contributed by atoms with van der Waals surface area (Å²) in [7, 11) is 2.17. The predicted molar refractivity (Wildman–Crippen MR) is 104 cm³/mol. The average molecular weight is 350 g/mol. The lowest BCUT2D eigenvalue weighted by molar-refractivity contribution is 0.343. The summed E-state index contributed by atoms with van der Waals surface area (Å²) in [6, 6.07) is 20.8. The Morgan fingerprint density at radius 1 is 0.960 bits per heavy atom. The Bertz CT molecular complexity index is 862. The highest BCUT2D eigenvalue weighted by molar-refractivity contribution is 6.30. The largest absolute Gasteiger partial charge is 0.340 e. The SMILES string of the molecule is CN1CCN(c2ccc(Cl)cc2)c2ccc(-c3ccccn3)cc2C1. The minimum atomic E-state index is 0.765. The topological polar surface area (TPSA) is 19.4 Å². The first kappa shape index (κ1) is 16.1. The number of hydrogen-bond acceptors (Lipinski definition) is 3. The lowest BCUT2D eigenvalue weighted by Gasteiger charge is -2.25. The van der Waals surface area contributed by atoms with E-state index in [0.717, 1.165) is 35.9 Å². The fraction of sp³-hybridized carbons (Fsp3) is 0.190. The van der Waals surface area contributed by atoms with E-state index in [9.17, 15) is 0 Å². The van der Waals surface area contributed by atoms with Crippen LogP contribution >= 0.6 is 11.6 Å². The molecule has 2 aromatic carbocycles. The second-order valence-electron chi connectivity index (χ2n) is 6.42. The molecular formula is C21H20ClN3. The summed E-state index contributed by atoms with van der Waals surface area (Å²) < 4.78 is 0. The molecular weight excluding hydrogens is 330 g/mol. The van der Waals surface area contributed by atoms with Crippen molar-refractivity contribution in [1.82, 2.24) is 9.88 Å². The summed E-state index contributed by atoms with van der Waals surface area (Å²) in [5.41, 5.74) is 5.91. The standard InChI is InChI=1S/C21H20ClN3/c1-24-12-13-25(19-8-6-18(22)7-9-19)21-10-5-16(14-17(21)15-24)20-4-2-3-11-23-20/h2-11,14H,12-13,15H2,1H3. The molecule has 0 atom stereocenters. The summed E-state index contributed by atoms with van der Waals surface area (Å²) in [6.45, 7) is 2.89. The zero-order valence-corrected chi connectivity index (χ0v) is 14.9. The fourth-order valence-electron chi connectivity index (χ4n) is 3.32. The quantitative estimate of drug-likeness (QED) is 0.650. The maximum absolute atomic E-state index is 6.06. The molecule has 0 N–H and O–H groups in total. The molecule has 0 saturated heterocycles. The zero-order valence-electron chi connectivity index (χ0n) is 14.2. The number of anilines is 2. The van der Waals surface area contributed by atoms with Gasteiger partial charge in [-0.05, 0) is 61.1 Å². The number of rotatable bonds is 2. The van der Waals surface area contributed by atoms with Gasteiger partial charge in [-0.1, -0.05) is 23.7 Å². The third kappa shape index (κ3) is 3.39. The normalized spacial score (nSPS) is 14.9. The average Bonchev–Trinajstić information content (AvgIpc) is 2.81. The molecule has 3 nitrogen and oxygen atoms in total. The number of fused-ring (bicyclic) bond motifs is 1. The Hall–Kier alpha value is -2.36. The van der Waals surface area contributed by atoms with E-state index in [2.05, 4.69) is 58.2 Å². The highest BCUT2D eigenvalue weighted by atomic mass is 35.5. The molecule has 126 valence electrons. The van der Waals surface area contributed by atoms with Gasteiger partial charge < -0.3 is 9.80 Å². The minimum Gasteiger partial charge on any atom is -0.340 e. The van der Waals surface area contributed by atoms with Crippen molar-refractivity contribution in [2.75, 3.05) is 25.0 Å². The zero-order chi connectivity index (χ0) is 17.2. The minimum absolute atomic E-state index is 0.765. The summed E-state index contributed by atoms with van der Waals surface area (Å²) in [6.07, 6.45) is 1.84. The van der Waals surface area contributed by atoms with E-state index in [1.54, 1.807) is 0 Å². The molecule has 0 spiro atoms. The van der Waals surface area contributed by atoms with Crippen LogP contribution in [-0.4, -0.2) is 30.0 Å². The monoisotopic (exact) mass is 349 g/mol. The highest BCUT2D eigenvalue weighted by Gasteiger charge is 2.20. The Kier molecular flexibility index (Phi) is 4.43. The van der Waals surface area contributed by atoms with Gasteiger partial charge in [-0.2, -0.15) is 0 Å². The van der Waals surface area contributed by atoms with Gasteiger partial charge in [0.25, 0.3) is 0 Å². The van der Waals surface area contributed by atoms with Gasteiger partial charge in [-0.25, -0.2) is 0 Å². The number of pyridine rings is 1. The Labute approximate surface area is 153 Å². The van der Waals surface area contributed by atoms with Gasteiger partial charge in [0.2, 0.25) is 0 Å². The van der Waals surface area contributed by atoms with E-state index < -0.39 is 0 Å². The molecule has 4 heteroatoms. The van der Waals surface area contributed by atoms with E-state index in [4.69, 9.17) is 11.6 Å². The maximum atomic E-state index is 6.06. The molecule has 0 fully saturated rings. The molecule has 2 heterocycles. The third-order valence-electron chi connectivity index (χ3n) is 4.61. The molecule has 0 unspecified atom stereocenters. The first-order valence-electron chi connectivity index (χ1n) is 8.47. The number of aromatic nitrogens is 1. The van der Waals surface area contributed by atoms with Gasteiger partial charge in [0.1, 0.15) is 0 Å². The Morgan fingerprint density at radius 3 is 2.56 bits per heavy atom. The fourth-order valence-corrected chi connectivity index (χ4v) is 3.44. The molecule has 0 amide bonds. The van der Waals surface area contributed by atoms with Crippen LogP contribution in [0.4, 0.5) is 11.4 Å². The van der Waals surface area contributed by atoms with Gasteiger partial charge in [0.15, 0.2) is 0 Å². The molecule has 0 aliphatic carbocycles. The maximum Gasteiger partial charge on any atom is 0.0702 e. The van der Waals surface area contributed by atoms with Crippen LogP contribution in [-0.2, 0) is 6.54 Å². The van der Waals surface area contributed by atoms with Crippen molar-refractivity contribution in [2.45, 2.75) is 6.54 Å². The van der Waals surface area contributed by atoms with Crippen LogP contribution < -0.4 is 4.90 Å². The molecule has 1 aliphatic heterocycles. The van der Waals surface area contributed by atoms with Gasteiger partial charge in [-0.3, -0.25) is 4.98 Å².